The van der Waals surface area contributed by atoms with Crippen molar-refractivity contribution >= 4 is 11.8 Å². The number of nitrogens with zero attached hydrogens (tertiary/aromatic N) is 1. The number of hydrogen-bond donors (Lipinski definition) is 1. The Balaban J connectivity index is 1.92. The summed E-state index contributed by atoms with van der Waals surface area (Å²) in [6.07, 6.45) is 4.58. The van der Waals surface area contributed by atoms with Crippen LogP contribution in [-0.2, 0) is 6.54 Å². The van der Waals surface area contributed by atoms with E-state index in [4.69, 9.17) is 0 Å². The minimum Gasteiger partial charge on any atom is -0.310 e. The van der Waals surface area contributed by atoms with Crippen molar-refractivity contribution in [2.45, 2.75) is 44.3 Å². The zero-order valence-electron chi connectivity index (χ0n) is 10.1. The predicted molar refractivity (Wildman–Crippen MR) is 69.7 cm³/mol. The molecule has 0 spiro atoms. The molecule has 1 aliphatic carbocycles. The lowest BCUT2D eigenvalue weighted by atomic mass is 10.3. The fourth-order valence-corrected chi connectivity index (χ4v) is 2.43. The van der Waals surface area contributed by atoms with E-state index in [0.717, 1.165) is 24.3 Å². The maximum atomic E-state index is 4.47. The summed E-state index contributed by atoms with van der Waals surface area (Å²) in [5, 5.41) is 4.75. The number of thioether (sulfide) groups is 1. The van der Waals surface area contributed by atoms with Gasteiger partial charge in [0.05, 0.1) is 0 Å². The Morgan fingerprint density at radius 1 is 1.50 bits per heavy atom. The summed E-state index contributed by atoms with van der Waals surface area (Å²) in [4.78, 5) is 4.47. The number of pyridine rings is 1. The monoisotopic (exact) mass is 236 g/mol. The summed E-state index contributed by atoms with van der Waals surface area (Å²) in [5.74, 6) is 1.87. The van der Waals surface area contributed by atoms with Gasteiger partial charge in [-0.15, -0.1) is 11.8 Å². The SMILES string of the molecule is CC(C)CSc1ncccc1CNC1CC1. The summed E-state index contributed by atoms with van der Waals surface area (Å²) >= 11 is 1.88. The third-order valence-corrected chi connectivity index (χ3v) is 4.04. The second-order valence-electron chi connectivity index (χ2n) is 4.83. The van der Waals surface area contributed by atoms with E-state index in [1.54, 1.807) is 0 Å². The van der Waals surface area contributed by atoms with Crippen molar-refractivity contribution in [3.05, 3.63) is 23.9 Å². The molecule has 0 radical (unpaired) electrons. The van der Waals surface area contributed by atoms with E-state index in [9.17, 15) is 0 Å². The van der Waals surface area contributed by atoms with Gasteiger partial charge in [0.2, 0.25) is 0 Å². The second kappa shape index (κ2) is 5.69. The zero-order valence-corrected chi connectivity index (χ0v) is 10.9. The third kappa shape index (κ3) is 3.80. The van der Waals surface area contributed by atoms with Crippen LogP contribution in [0, 0.1) is 5.92 Å². The van der Waals surface area contributed by atoms with Crippen molar-refractivity contribution in [2.75, 3.05) is 5.75 Å². The van der Waals surface area contributed by atoms with Crippen molar-refractivity contribution in [3.8, 4) is 0 Å². The number of aromatic nitrogens is 1. The normalized spacial score (nSPS) is 15.7. The quantitative estimate of drug-likeness (QED) is 0.768. The van der Waals surface area contributed by atoms with Crippen LogP contribution in [0.25, 0.3) is 0 Å². The van der Waals surface area contributed by atoms with E-state index in [0.29, 0.717) is 0 Å². The highest BCUT2D eigenvalue weighted by Crippen LogP contribution is 2.24. The minimum atomic E-state index is 0.719. The number of hydrogen-bond acceptors (Lipinski definition) is 3. The molecule has 1 aromatic heterocycles. The number of rotatable bonds is 6. The summed E-state index contributed by atoms with van der Waals surface area (Å²) in [6, 6.07) is 4.98. The van der Waals surface area contributed by atoms with Crippen LogP contribution >= 0.6 is 11.8 Å². The minimum absolute atomic E-state index is 0.719. The van der Waals surface area contributed by atoms with Crippen molar-refractivity contribution in [2.24, 2.45) is 5.92 Å². The molecule has 1 heterocycles. The van der Waals surface area contributed by atoms with Gasteiger partial charge in [0.25, 0.3) is 0 Å². The van der Waals surface area contributed by atoms with Gasteiger partial charge in [-0.25, -0.2) is 4.98 Å². The average Bonchev–Trinajstić information content (AvgIpc) is 3.08. The van der Waals surface area contributed by atoms with Gasteiger partial charge in [-0.05, 0) is 30.4 Å². The van der Waals surface area contributed by atoms with Crippen LogP contribution in [0.1, 0.15) is 32.3 Å². The van der Waals surface area contributed by atoms with Crippen molar-refractivity contribution in [1.82, 2.24) is 10.3 Å². The molecule has 1 aromatic rings. The van der Waals surface area contributed by atoms with Gasteiger partial charge >= 0.3 is 0 Å². The predicted octanol–water partition coefficient (Wildman–Crippen LogP) is 3.08. The zero-order chi connectivity index (χ0) is 11.4. The molecule has 0 saturated heterocycles. The van der Waals surface area contributed by atoms with Crippen LogP contribution in [-0.4, -0.2) is 16.8 Å². The molecule has 0 bridgehead atoms. The van der Waals surface area contributed by atoms with Gasteiger partial charge in [-0.1, -0.05) is 19.9 Å². The molecule has 88 valence electrons. The lowest BCUT2D eigenvalue weighted by molar-refractivity contribution is 0.674. The highest BCUT2D eigenvalue weighted by Gasteiger charge is 2.20. The van der Waals surface area contributed by atoms with Crippen LogP contribution in [0.3, 0.4) is 0 Å². The maximum absolute atomic E-state index is 4.47. The van der Waals surface area contributed by atoms with Gasteiger partial charge in [-0.2, -0.15) is 0 Å². The molecule has 16 heavy (non-hydrogen) atoms. The topological polar surface area (TPSA) is 24.9 Å². The summed E-state index contributed by atoms with van der Waals surface area (Å²) in [5.41, 5.74) is 1.35. The average molecular weight is 236 g/mol. The molecule has 0 aromatic carbocycles. The molecule has 1 aliphatic rings. The maximum Gasteiger partial charge on any atom is 0.100 e. The van der Waals surface area contributed by atoms with Crippen LogP contribution < -0.4 is 5.32 Å². The first-order chi connectivity index (χ1) is 7.75. The Hall–Kier alpha value is -0.540. The first-order valence-corrected chi connectivity index (χ1v) is 7.04. The fraction of sp³-hybridized carbons (Fsp3) is 0.615. The lowest BCUT2D eigenvalue weighted by Crippen LogP contribution is -2.16. The third-order valence-electron chi connectivity index (χ3n) is 2.56. The molecule has 2 nitrogen and oxygen atoms in total. The second-order valence-corrected chi connectivity index (χ2v) is 5.84. The smallest absolute Gasteiger partial charge is 0.100 e. The molecular weight excluding hydrogens is 216 g/mol. The van der Waals surface area contributed by atoms with Gasteiger partial charge in [0.1, 0.15) is 5.03 Å². The van der Waals surface area contributed by atoms with E-state index in [1.165, 1.54) is 23.4 Å². The highest BCUT2D eigenvalue weighted by molar-refractivity contribution is 7.99. The van der Waals surface area contributed by atoms with Gasteiger partial charge in [0, 0.05) is 24.5 Å². The van der Waals surface area contributed by atoms with Gasteiger partial charge in [-0.3, -0.25) is 0 Å². The molecule has 3 heteroatoms. The van der Waals surface area contributed by atoms with Crippen LogP contribution in [0.15, 0.2) is 23.4 Å². The Bertz CT molecular complexity index is 309. The Morgan fingerprint density at radius 2 is 2.31 bits per heavy atom. The van der Waals surface area contributed by atoms with Crippen LogP contribution in [0.4, 0.5) is 0 Å². The van der Waals surface area contributed by atoms with Crippen molar-refractivity contribution in [1.29, 1.82) is 0 Å². The molecule has 0 unspecified atom stereocenters. The molecule has 0 atom stereocenters. The summed E-state index contributed by atoms with van der Waals surface area (Å²) < 4.78 is 0. The van der Waals surface area contributed by atoms with E-state index in [-0.39, 0.29) is 0 Å². The van der Waals surface area contributed by atoms with Gasteiger partial charge in [0.15, 0.2) is 0 Å². The standard InChI is InChI=1S/C13H20N2S/c1-10(2)9-16-13-11(4-3-7-14-13)8-15-12-5-6-12/h3-4,7,10,12,15H,5-6,8-9H2,1-2H3. The van der Waals surface area contributed by atoms with Crippen LogP contribution in [0.5, 0.6) is 0 Å². The molecule has 0 aliphatic heterocycles. The Labute approximate surface area is 102 Å². The fourth-order valence-electron chi connectivity index (χ4n) is 1.48. The van der Waals surface area contributed by atoms with E-state index >= 15 is 0 Å². The van der Waals surface area contributed by atoms with E-state index in [1.807, 2.05) is 24.0 Å². The van der Waals surface area contributed by atoms with Crippen LogP contribution in [0.2, 0.25) is 0 Å². The number of nitrogens with one attached hydrogen (secondary N) is 1. The van der Waals surface area contributed by atoms with E-state index < -0.39 is 0 Å². The lowest BCUT2D eigenvalue weighted by Gasteiger charge is -2.09. The summed E-state index contributed by atoms with van der Waals surface area (Å²) in [7, 11) is 0. The van der Waals surface area contributed by atoms with Crippen molar-refractivity contribution in [3.63, 3.8) is 0 Å². The molecular formula is C13H20N2S. The van der Waals surface area contributed by atoms with Gasteiger partial charge < -0.3 is 5.32 Å². The molecule has 1 saturated carbocycles. The van der Waals surface area contributed by atoms with Crippen molar-refractivity contribution < 1.29 is 0 Å². The molecule has 2 rings (SSSR count). The summed E-state index contributed by atoms with van der Waals surface area (Å²) in [6.45, 7) is 5.47. The first kappa shape index (κ1) is 11.9. The molecule has 1 N–H and O–H groups in total. The van der Waals surface area contributed by atoms with E-state index in [2.05, 4.69) is 30.2 Å². The largest absolute Gasteiger partial charge is 0.310 e. The molecule has 0 amide bonds. The Morgan fingerprint density at radius 3 is 3.00 bits per heavy atom. The Kier molecular flexibility index (Phi) is 4.24. The first-order valence-electron chi connectivity index (χ1n) is 6.06. The highest BCUT2D eigenvalue weighted by atomic mass is 32.2. The molecule has 1 fully saturated rings.